The van der Waals surface area contributed by atoms with E-state index in [4.69, 9.17) is 11.6 Å². The molecule has 0 atom stereocenters. The van der Waals surface area contributed by atoms with Crippen LogP contribution in [0.2, 0.25) is 5.02 Å². The first-order valence-electron chi connectivity index (χ1n) is 5.01. The van der Waals surface area contributed by atoms with Crippen molar-refractivity contribution in [2.24, 2.45) is 0 Å². The first kappa shape index (κ1) is 10.7. The van der Waals surface area contributed by atoms with Crippen molar-refractivity contribution in [3.63, 3.8) is 0 Å². The predicted molar refractivity (Wildman–Crippen MR) is 71.1 cm³/mol. The number of aromatic nitrogens is 3. The fraction of sp³-hybridized carbons (Fsp3) is 0. The average Bonchev–Trinajstić information content (AvgIpc) is 2.75. The van der Waals surface area contributed by atoms with Crippen molar-refractivity contribution >= 4 is 33.2 Å². The van der Waals surface area contributed by atoms with E-state index in [0.29, 0.717) is 5.02 Å². The summed E-state index contributed by atoms with van der Waals surface area (Å²) in [6, 6.07) is 13.3. The number of hydrogen-bond acceptors (Lipinski definition) is 2. The molecule has 2 aromatic heterocycles. The Balaban J connectivity index is 2.27. The van der Waals surface area contributed by atoms with E-state index in [1.165, 1.54) is 0 Å². The summed E-state index contributed by atoms with van der Waals surface area (Å²) < 4.78 is 2.87. The fourth-order valence-corrected chi connectivity index (χ4v) is 2.32. The first-order chi connectivity index (χ1) is 8.25. The summed E-state index contributed by atoms with van der Waals surface area (Å²) in [5, 5.41) is 9.03. The summed E-state index contributed by atoms with van der Waals surface area (Å²) in [5.41, 5.74) is 1.79. The molecule has 84 valence electrons. The van der Waals surface area contributed by atoms with Crippen LogP contribution in [0.15, 0.2) is 47.1 Å². The molecule has 2 heterocycles. The van der Waals surface area contributed by atoms with Gasteiger partial charge < -0.3 is 0 Å². The van der Waals surface area contributed by atoms with Gasteiger partial charge in [0.1, 0.15) is 0 Å². The van der Waals surface area contributed by atoms with Crippen molar-refractivity contribution in [1.82, 2.24) is 14.6 Å². The van der Waals surface area contributed by atoms with Crippen molar-refractivity contribution in [3.8, 4) is 11.4 Å². The summed E-state index contributed by atoms with van der Waals surface area (Å²) in [5.74, 6) is 0.796. The van der Waals surface area contributed by atoms with E-state index in [1.807, 2.05) is 46.9 Å². The molecule has 0 bridgehead atoms. The molecule has 0 fully saturated rings. The standard InChI is InChI=1S/C12H7BrClN3/c13-10-2-1-3-11-15-16-12(17(10)11)8-4-6-9(14)7-5-8/h1-7H. The molecule has 0 spiro atoms. The van der Waals surface area contributed by atoms with Crippen molar-refractivity contribution in [2.75, 3.05) is 0 Å². The Morgan fingerprint density at radius 3 is 2.53 bits per heavy atom. The van der Waals surface area contributed by atoms with Gasteiger partial charge in [0.05, 0.1) is 4.60 Å². The van der Waals surface area contributed by atoms with Gasteiger partial charge >= 0.3 is 0 Å². The molecule has 0 aliphatic heterocycles. The van der Waals surface area contributed by atoms with Crippen LogP contribution in [0, 0.1) is 0 Å². The van der Waals surface area contributed by atoms with Crippen LogP contribution in [-0.2, 0) is 0 Å². The highest BCUT2D eigenvalue weighted by Crippen LogP contribution is 2.23. The Hall–Kier alpha value is -1.39. The molecule has 0 aliphatic rings. The van der Waals surface area contributed by atoms with Gasteiger partial charge in [-0.2, -0.15) is 0 Å². The lowest BCUT2D eigenvalue weighted by molar-refractivity contribution is 1.10. The van der Waals surface area contributed by atoms with Gasteiger partial charge in [-0.1, -0.05) is 17.7 Å². The van der Waals surface area contributed by atoms with Crippen LogP contribution in [0.1, 0.15) is 0 Å². The summed E-state index contributed by atoms with van der Waals surface area (Å²) >= 11 is 9.37. The molecule has 3 nitrogen and oxygen atoms in total. The minimum Gasteiger partial charge on any atom is -0.269 e. The van der Waals surface area contributed by atoms with Crippen LogP contribution < -0.4 is 0 Å². The van der Waals surface area contributed by atoms with Gasteiger partial charge in [-0.15, -0.1) is 10.2 Å². The highest BCUT2D eigenvalue weighted by Gasteiger charge is 2.09. The van der Waals surface area contributed by atoms with Gasteiger partial charge in [-0.25, -0.2) is 0 Å². The van der Waals surface area contributed by atoms with E-state index in [0.717, 1.165) is 21.6 Å². The minimum absolute atomic E-state index is 0.710. The summed E-state index contributed by atoms with van der Waals surface area (Å²) in [6.45, 7) is 0. The molecule has 0 aliphatic carbocycles. The second kappa shape index (κ2) is 4.13. The number of pyridine rings is 1. The van der Waals surface area contributed by atoms with Crippen molar-refractivity contribution in [2.45, 2.75) is 0 Å². The van der Waals surface area contributed by atoms with Gasteiger partial charge in [-0.05, 0) is 52.3 Å². The number of nitrogens with zero attached hydrogens (tertiary/aromatic N) is 3. The molecular weight excluding hydrogens is 302 g/mol. The lowest BCUT2D eigenvalue weighted by Crippen LogP contribution is -1.90. The molecule has 3 aromatic rings. The predicted octanol–water partition coefficient (Wildman–Crippen LogP) is 3.81. The van der Waals surface area contributed by atoms with Crippen LogP contribution in [0.4, 0.5) is 0 Å². The molecule has 0 radical (unpaired) electrons. The van der Waals surface area contributed by atoms with Crippen LogP contribution >= 0.6 is 27.5 Å². The molecule has 17 heavy (non-hydrogen) atoms. The Kier molecular flexibility index (Phi) is 2.61. The molecule has 1 aromatic carbocycles. The maximum absolute atomic E-state index is 5.87. The van der Waals surface area contributed by atoms with Gasteiger partial charge in [0.25, 0.3) is 0 Å². The van der Waals surface area contributed by atoms with E-state index in [9.17, 15) is 0 Å². The quantitative estimate of drug-likeness (QED) is 0.640. The number of fused-ring (bicyclic) bond motifs is 1. The second-order valence-electron chi connectivity index (χ2n) is 3.57. The van der Waals surface area contributed by atoms with Gasteiger partial charge in [0, 0.05) is 10.6 Å². The third-order valence-corrected chi connectivity index (χ3v) is 3.35. The highest BCUT2D eigenvalue weighted by atomic mass is 79.9. The zero-order valence-electron chi connectivity index (χ0n) is 8.64. The van der Waals surface area contributed by atoms with Gasteiger partial charge in [0.2, 0.25) is 0 Å². The average molecular weight is 309 g/mol. The first-order valence-corrected chi connectivity index (χ1v) is 6.18. The monoisotopic (exact) mass is 307 g/mol. The van der Waals surface area contributed by atoms with Gasteiger partial charge in [0.15, 0.2) is 11.5 Å². The third kappa shape index (κ3) is 1.83. The second-order valence-corrected chi connectivity index (χ2v) is 4.82. The Morgan fingerprint density at radius 1 is 1.00 bits per heavy atom. The Labute approximate surface area is 111 Å². The minimum atomic E-state index is 0.710. The van der Waals surface area contributed by atoms with Crippen LogP contribution in [0.5, 0.6) is 0 Å². The molecule has 0 amide bonds. The SMILES string of the molecule is Clc1ccc(-c2nnc3cccc(Br)n23)cc1. The lowest BCUT2D eigenvalue weighted by atomic mass is 10.2. The van der Waals surface area contributed by atoms with E-state index >= 15 is 0 Å². The van der Waals surface area contributed by atoms with Crippen LogP contribution in [0.25, 0.3) is 17.0 Å². The number of rotatable bonds is 1. The van der Waals surface area contributed by atoms with Crippen LogP contribution in [0.3, 0.4) is 0 Å². The normalized spacial score (nSPS) is 10.9. The zero-order valence-corrected chi connectivity index (χ0v) is 11.0. The largest absolute Gasteiger partial charge is 0.269 e. The number of benzene rings is 1. The Morgan fingerprint density at radius 2 is 1.76 bits per heavy atom. The highest BCUT2D eigenvalue weighted by molar-refractivity contribution is 9.10. The molecule has 0 N–H and O–H groups in total. The molecule has 0 saturated carbocycles. The molecule has 0 unspecified atom stereocenters. The maximum atomic E-state index is 5.87. The van der Waals surface area contributed by atoms with E-state index < -0.39 is 0 Å². The van der Waals surface area contributed by atoms with Crippen molar-refractivity contribution in [1.29, 1.82) is 0 Å². The summed E-state index contributed by atoms with van der Waals surface area (Å²) in [6.07, 6.45) is 0. The number of hydrogen-bond donors (Lipinski definition) is 0. The third-order valence-electron chi connectivity index (χ3n) is 2.48. The maximum Gasteiger partial charge on any atom is 0.169 e. The fourth-order valence-electron chi connectivity index (χ4n) is 1.69. The van der Waals surface area contributed by atoms with Gasteiger partial charge in [-0.3, -0.25) is 4.40 Å². The van der Waals surface area contributed by atoms with E-state index in [1.54, 1.807) is 0 Å². The topological polar surface area (TPSA) is 30.2 Å². The van der Waals surface area contributed by atoms with Crippen molar-refractivity contribution < 1.29 is 0 Å². The molecule has 0 saturated heterocycles. The van der Waals surface area contributed by atoms with Crippen molar-refractivity contribution in [3.05, 3.63) is 52.1 Å². The molecular formula is C12H7BrClN3. The summed E-state index contributed by atoms with van der Waals surface area (Å²) in [4.78, 5) is 0. The summed E-state index contributed by atoms with van der Waals surface area (Å²) in [7, 11) is 0. The number of halogens is 2. The molecule has 5 heteroatoms. The van der Waals surface area contributed by atoms with E-state index in [2.05, 4.69) is 26.1 Å². The smallest absolute Gasteiger partial charge is 0.169 e. The lowest BCUT2D eigenvalue weighted by Gasteiger charge is -2.02. The van der Waals surface area contributed by atoms with E-state index in [-0.39, 0.29) is 0 Å². The molecule has 3 rings (SSSR count). The zero-order chi connectivity index (χ0) is 11.8. The van der Waals surface area contributed by atoms with Crippen LogP contribution in [-0.4, -0.2) is 14.6 Å². The Bertz CT molecular complexity index is 676.